The van der Waals surface area contributed by atoms with Crippen molar-refractivity contribution in [3.05, 3.63) is 24.0 Å². The molecule has 0 saturated carbocycles. The van der Waals surface area contributed by atoms with Crippen LogP contribution in [-0.2, 0) is 84.7 Å². The molecule has 1 aliphatic rings. The summed E-state index contributed by atoms with van der Waals surface area (Å²) in [6, 6.07) is -2.55. The van der Waals surface area contributed by atoms with Crippen molar-refractivity contribution in [3.63, 3.8) is 0 Å². The number of hydrazone groups is 1. The molecule has 0 spiro atoms. The van der Waals surface area contributed by atoms with Crippen LogP contribution in [0.4, 0.5) is 0 Å². The van der Waals surface area contributed by atoms with Crippen LogP contribution in [-0.4, -0.2) is 202 Å². The Bertz CT molecular complexity index is 2000. The van der Waals surface area contributed by atoms with Gasteiger partial charge in [-0.25, -0.2) is 4.68 Å². The number of primary amides is 1. The van der Waals surface area contributed by atoms with Gasteiger partial charge >= 0.3 is 0 Å². The van der Waals surface area contributed by atoms with Crippen molar-refractivity contribution < 1.29 is 71.6 Å². The Kier molecular flexibility index (Phi) is 33.4. The summed E-state index contributed by atoms with van der Waals surface area (Å²) in [6.07, 6.45) is 7.00. The topological polar surface area (TPSA) is 380 Å². The molecule has 0 saturated heterocycles. The van der Waals surface area contributed by atoms with Gasteiger partial charge in [0.25, 0.3) is 11.8 Å². The fourth-order valence-corrected chi connectivity index (χ4v) is 6.11. The molecule has 1 aromatic heterocycles. The van der Waals surface area contributed by atoms with Crippen LogP contribution in [0, 0.1) is 0 Å². The number of hydrogen-bond acceptors (Lipinski definition) is 20. The predicted octanol–water partition coefficient (Wildman–Crippen LogP) is -2.89. The van der Waals surface area contributed by atoms with Gasteiger partial charge in [0.05, 0.1) is 123 Å². The Morgan fingerprint density at radius 2 is 1.26 bits per heavy atom. The number of imide groups is 1. The second-order valence-corrected chi connectivity index (χ2v) is 16.5. The van der Waals surface area contributed by atoms with Gasteiger partial charge in [-0.3, -0.25) is 53.0 Å². The van der Waals surface area contributed by atoms with Crippen molar-refractivity contribution in [2.24, 2.45) is 21.7 Å². The number of carbonyl (C=O) groups excluding carboxylic acids is 9. The molecule has 9 N–H and O–H groups in total. The first-order valence-corrected chi connectivity index (χ1v) is 24.5. The van der Waals surface area contributed by atoms with Gasteiger partial charge < -0.3 is 66.6 Å². The van der Waals surface area contributed by atoms with Crippen molar-refractivity contribution in [3.8, 4) is 0 Å². The normalized spacial score (nSPS) is 13.7. The molecule has 0 unspecified atom stereocenters. The molecule has 2 rings (SSSR count). The highest BCUT2D eigenvalue weighted by Crippen LogP contribution is 2.09. The lowest BCUT2D eigenvalue weighted by molar-refractivity contribution is -0.137. The van der Waals surface area contributed by atoms with Gasteiger partial charge in [-0.15, -0.1) is 5.10 Å². The molecule has 0 aromatic carbocycles. The van der Waals surface area contributed by atoms with Gasteiger partial charge in [-0.1, -0.05) is 11.6 Å². The minimum atomic E-state index is -1.10. The van der Waals surface area contributed by atoms with E-state index in [0.717, 1.165) is 4.90 Å². The number of nitrogens with two attached hydrogens (primary N) is 2. The maximum Gasteiger partial charge on any atom is 0.253 e. The van der Waals surface area contributed by atoms with Crippen molar-refractivity contribution in [2.45, 2.75) is 103 Å². The average Bonchev–Trinajstić information content (AvgIpc) is 3.96. The SMILES string of the molecule is CC(=O)[C@H](C)NC(=O)[C@H](C)NC(=O)CCOCCOCCOCCN=CC(CNC(=O)[C@H](CCC(=O)NCc1cn(CCOCCOCCOCCC(N)=O)nn1)NC(=O)CCCCCN1C(=O)C=CC1=O)=NN. The van der Waals surface area contributed by atoms with Crippen LogP contribution < -0.4 is 38.2 Å². The zero-order valence-electron chi connectivity index (χ0n) is 42.7. The molecule has 1 aliphatic heterocycles. The molecule has 0 bridgehead atoms. The number of rotatable bonds is 44. The van der Waals surface area contributed by atoms with Crippen LogP contribution in [0.1, 0.15) is 77.8 Å². The van der Waals surface area contributed by atoms with E-state index in [9.17, 15) is 43.2 Å². The van der Waals surface area contributed by atoms with E-state index in [1.54, 1.807) is 17.8 Å². The molecule has 414 valence electrons. The first-order chi connectivity index (χ1) is 35.6. The molecule has 3 atom stereocenters. The molecule has 1 aromatic rings. The average molecular weight is 1050 g/mol. The number of aromatic nitrogens is 3. The standard InChI is InChI=1S/C46H75N13O15/c1-33(35(3)60)53-45(67)34(2)52-42(64)13-18-70-22-26-73-27-23-71-19-14-49-29-36(55-48)30-51-46(68)38(54-41(63)7-5-4-6-15-59-43(65)10-11-44(59)66)8-9-40(62)50-31-37-32-58(57-56-37)16-20-72-24-28-74-25-21-69-17-12-39(47)61/h10-11,29,32-34,38H,4-9,12-28,30-31,48H2,1-3H3,(H2,47,61)(H,50,62)(H,51,68)(H,52,64)(H,53,67)(H,54,63)/t33-,34-,38-/m0/s1. The summed E-state index contributed by atoms with van der Waals surface area (Å²) < 4.78 is 34.1. The summed E-state index contributed by atoms with van der Waals surface area (Å²) in [4.78, 5) is 114. The van der Waals surface area contributed by atoms with Gasteiger partial charge in [0.15, 0.2) is 5.78 Å². The lowest BCUT2D eigenvalue weighted by Gasteiger charge is -2.18. The van der Waals surface area contributed by atoms with Gasteiger partial charge in [-0.05, 0) is 40.0 Å². The van der Waals surface area contributed by atoms with Crippen molar-refractivity contribution in [1.82, 2.24) is 46.5 Å². The molecular formula is C46H75N13O15. The molecule has 28 nitrogen and oxygen atoms in total. The Balaban J connectivity index is 1.71. The number of aliphatic imine (C=N–C) groups is 1. The molecule has 8 amide bonds. The maximum atomic E-state index is 13.4. The molecule has 0 aliphatic carbocycles. The Hall–Kier alpha value is -6.59. The number of carbonyl (C=O) groups is 9. The van der Waals surface area contributed by atoms with Crippen molar-refractivity contribution in [1.29, 1.82) is 0 Å². The number of nitrogens with zero attached hydrogens (tertiary/aromatic N) is 6. The third kappa shape index (κ3) is 30.4. The summed E-state index contributed by atoms with van der Waals surface area (Å²) in [5.41, 5.74) is 5.76. The van der Waals surface area contributed by atoms with E-state index in [1.165, 1.54) is 32.2 Å². The van der Waals surface area contributed by atoms with E-state index in [2.05, 4.69) is 47.0 Å². The summed E-state index contributed by atoms with van der Waals surface area (Å²) in [7, 11) is 0. The van der Waals surface area contributed by atoms with Crippen LogP contribution in [0.25, 0.3) is 0 Å². The third-order valence-corrected chi connectivity index (χ3v) is 10.4. The highest BCUT2D eigenvalue weighted by Gasteiger charge is 2.24. The van der Waals surface area contributed by atoms with E-state index < -0.39 is 47.7 Å². The number of ketones is 1. The van der Waals surface area contributed by atoms with E-state index in [4.69, 9.17) is 40.0 Å². The van der Waals surface area contributed by atoms with E-state index >= 15 is 0 Å². The second kappa shape index (κ2) is 38.9. The first kappa shape index (κ1) is 63.5. The summed E-state index contributed by atoms with van der Waals surface area (Å²) in [5.74, 6) is 1.92. The Labute approximate surface area is 430 Å². The second-order valence-electron chi connectivity index (χ2n) is 16.5. The van der Waals surface area contributed by atoms with Crippen molar-refractivity contribution >= 4 is 65.0 Å². The molecule has 28 heteroatoms. The quantitative estimate of drug-likeness (QED) is 0.0113. The fraction of sp³-hybridized carbons (Fsp3) is 0.674. The zero-order chi connectivity index (χ0) is 54.4. The number of hydrogen-bond donors (Lipinski definition) is 7. The molecular weight excluding hydrogens is 975 g/mol. The minimum absolute atomic E-state index is 0.0404. The zero-order valence-corrected chi connectivity index (χ0v) is 42.7. The summed E-state index contributed by atoms with van der Waals surface area (Å²) in [5, 5.41) is 25.0. The van der Waals surface area contributed by atoms with E-state index in [1.807, 2.05) is 0 Å². The third-order valence-electron chi connectivity index (χ3n) is 10.4. The Morgan fingerprint density at radius 3 is 1.88 bits per heavy atom. The lowest BCUT2D eigenvalue weighted by atomic mass is 10.1. The first-order valence-electron chi connectivity index (χ1n) is 24.5. The number of amides is 8. The van der Waals surface area contributed by atoms with Crippen LogP contribution in [0.3, 0.4) is 0 Å². The number of nitrogens with one attached hydrogen (secondary N) is 5. The van der Waals surface area contributed by atoms with E-state index in [0.29, 0.717) is 64.5 Å². The summed E-state index contributed by atoms with van der Waals surface area (Å²) in [6.45, 7) is 8.64. The van der Waals surface area contributed by atoms with Gasteiger partial charge in [0.2, 0.25) is 35.4 Å². The van der Waals surface area contributed by atoms with Crippen LogP contribution in [0.5, 0.6) is 0 Å². The largest absolute Gasteiger partial charge is 0.379 e. The van der Waals surface area contributed by atoms with Crippen LogP contribution >= 0.6 is 0 Å². The smallest absolute Gasteiger partial charge is 0.253 e. The van der Waals surface area contributed by atoms with Crippen LogP contribution in [0.15, 0.2) is 28.4 Å². The number of Topliss-reactive ketones (excluding diaryl/α,β-unsaturated/α-hetero) is 1. The monoisotopic (exact) mass is 1050 g/mol. The molecule has 0 radical (unpaired) electrons. The fourth-order valence-electron chi connectivity index (χ4n) is 6.11. The Morgan fingerprint density at radius 1 is 0.662 bits per heavy atom. The number of ether oxygens (including phenoxy) is 6. The molecule has 74 heavy (non-hydrogen) atoms. The highest BCUT2D eigenvalue weighted by atomic mass is 16.5. The lowest BCUT2D eigenvalue weighted by Crippen LogP contribution is -2.49. The molecule has 2 heterocycles. The number of unbranched alkanes of at least 4 members (excludes halogenated alkanes) is 2. The van der Waals surface area contributed by atoms with Gasteiger partial charge in [0.1, 0.15) is 17.8 Å². The predicted molar refractivity (Wildman–Crippen MR) is 265 cm³/mol. The van der Waals surface area contributed by atoms with E-state index in [-0.39, 0.29) is 134 Å². The van der Waals surface area contributed by atoms with Gasteiger partial charge in [-0.2, -0.15) is 5.10 Å². The highest BCUT2D eigenvalue weighted by molar-refractivity contribution is 6.31. The molecule has 0 fully saturated rings. The van der Waals surface area contributed by atoms with Gasteiger partial charge in [0, 0.05) is 50.6 Å². The van der Waals surface area contributed by atoms with Crippen molar-refractivity contribution in [2.75, 3.05) is 98.9 Å². The van der Waals surface area contributed by atoms with Crippen LogP contribution in [0.2, 0.25) is 0 Å². The minimum Gasteiger partial charge on any atom is -0.379 e. The maximum absolute atomic E-state index is 13.4. The summed E-state index contributed by atoms with van der Waals surface area (Å²) >= 11 is 0.